The molecule has 4 heteroatoms. The van der Waals surface area contributed by atoms with Crippen LogP contribution < -0.4 is 5.73 Å². The third-order valence-corrected chi connectivity index (χ3v) is 4.08. The van der Waals surface area contributed by atoms with Crippen LogP contribution in [-0.2, 0) is 6.42 Å². The second-order valence-corrected chi connectivity index (χ2v) is 5.81. The van der Waals surface area contributed by atoms with Crippen LogP contribution in [0.2, 0.25) is 0 Å². The Bertz CT molecular complexity index is 776. The quantitative estimate of drug-likeness (QED) is 0.911. The largest absolute Gasteiger partial charge is 0.395 e. The number of hydrogen-bond acceptors (Lipinski definition) is 3. The van der Waals surface area contributed by atoms with Gasteiger partial charge in [0, 0.05) is 27.6 Å². The summed E-state index contributed by atoms with van der Waals surface area (Å²) < 4.78 is 0.963. The van der Waals surface area contributed by atoms with Crippen molar-refractivity contribution in [3.05, 3.63) is 81.0 Å². The molecule has 3 nitrogen and oxygen atoms in total. The van der Waals surface area contributed by atoms with Crippen molar-refractivity contribution in [1.29, 1.82) is 0 Å². The van der Waals surface area contributed by atoms with Crippen molar-refractivity contribution in [3.63, 3.8) is 0 Å². The Labute approximate surface area is 130 Å². The number of rotatable bonds is 2. The summed E-state index contributed by atoms with van der Waals surface area (Å²) >= 11 is 3.37. The second-order valence-electron chi connectivity index (χ2n) is 4.90. The first-order valence-corrected chi connectivity index (χ1v) is 7.28. The van der Waals surface area contributed by atoms with E-state index in [2.05, 4.69) is 15.9 Å². The number of allylic oxidation sites excluding steroid dienone is 2. The maximum Gasteiger partial charge on any atom is 0.209 e. The van der Waals surface area contributed by atoms with Gasteiger partial charge in [0.05, 0.1) is 5.70 Å². The van der Waals surface area contributed by atoms with E-state index >= 15 is 0 Å². The van der Waals surface area contributed by atoms with E-state index in [-0.39, 0.29) is 17.3 Å². The standard InChI is InChI=1S/C17H12BrNO2/c18-11-7-5-10(6-8-11)9-14-15(19)17(21)13-4-2-1-3-12(13)16(14)20/h1-8H,9,19H2. The van der Waals surface area contributed by atoms with Crippen LogP contribution in [0, 0.1) is 0 Å². The van der Waals surface area contributed by atoms with Crippen molar-refractivity contribution in [3.8, 4) is 0 Å². The Kier molecular flexibility index (Phi) is 3.47. The van der Waals surface area contributed by atoms with E-state index in [1.807, 2.05) is 24.3 Å². The first-order chi connectivity index (χ1) is 10.1. The topological polar surface area (TPSA) is 60.2 Å². The molecular formula is C17H12BrNO2. The molecule has 0 amide bonds. The smallest absolute Gasteiger partial charge is 0.209 e. The van der Waals surface area contributed by atoms with E-state index in [4.69, 9.17) is 5.73 Å². The van der Waals surface area contributed by atoms with Gasteiger partial charge in [-0.1, -0.05) is 52.3 Å². The highest BCUT2D eigenvalue weighted by Crippen LogP contribution is 2.26. The summed E-state index contributed by atoms with van der Waals surface area (Å²) in [6.45, 7) is 0. The number of Topliss-reactive ketones (excluding diaryl/α,β-unsaturated/α-hetero) is 2. The van der Waals surface area contributed by atoms with Crippen LogP contribution >= 0.6 is 15.9 Å². The molecule has 0 bridgehead atoms. The number of nitrogens with two attached hydrogens (primary N) is 1. The van der Waals surface area contributed by atoms with Crippen LogP contribution in [0.15, 0.2) is 64.3 Å². The molecule has 0 atom stereocenters. The molecule has 104 valence electrons. The molecule has 0 aliphatic heterocycles. The van der Waals surface area contributed by atoms with Crippen molar-refractivity contribution < 1.29 is 9.59 Å². The van der Waals surface area contributed by atoms with Crippen LogP contribution in [0.4, 0.5) is 0 Å². The van der Waals surface area contributed by atoms with Gasteiger partial charge in [0.25, 0.3) is 0 Å². The van der Waals surface area contributed by atoms with Crippen molar-refractivity contribution in [2.24, 2.45) is 5.73 Å². The van der Waals surface area contributed by atoms with E-state index in [0.717, 1.165) is 10.0 Å². The minimum Gasteiger partial charge on any atom is -0.395 e. The minimum absolute atomic E-state index is 0.0571. The van der Waals surface area contributed by atoms with E-state index in [1.54, 1.807) is 24.3 Å². The number of benzene rings is 2. The normalized spacial score (nSPS) is 14.3. The number of ketones is 2. The Morgan fingerprint density at radius 1 is 0.857 bits per heavy atom. The molecule has 0 heterocycles. The summed E-state index contributed by atoms with van der Waals surface area (Å²) in [5, 5.41) is 0. The molecule has 0 saturated carbocycles. The van der Waals surface area contributed by atoms with Gasteiger partial charge in [-0.05, 0) is 17.7 Å². The average Bonchev–Trinajstić information content (AvgIpc) is 2.51. The number of fused-ring (bicyclic) bond motifs is 1. The zero-order chi connectivity index (χ0) is 15.0. The zero-order valence-corrected chi connectivity index (χ0v) is 12.7. The summed E-state index contributed by atoms with van der Waals surface area (Å²) in [6.07, 6.45) is 0.359. The lowest BCUT2D eigenvalue weighted by atomic mass is 9.85. The van der Waals surface area contributed by atoms with Crippen molar-refractivity contribution in [2.75, 3.05) is 0 Å². The molecule has 21 heavy (non-hydrogen) atoms. The highest BCUT2D eigenvalue weighted by atomic mass is 79.9. The first-order valence-electron chi connectivity index (χ1n) is 6.49. The molecule has 2 aromatic rings. The van der Waals surface area contributed by atoms with Crippen LogP contribution in [-0.4, -0.2) is 11.6 Å². The van der Waals surface area contributed by atoms with Crippen LogP contribution in [0.3, 0.4) is 0 Å². The monoisotopic (exact) mass is 341 g/mol. The summed E-state index contributed by atoms with van der Waals surface area (Å²) in [5.41, 5.74) is 8.10. The molecule has 0 spiro atoms. The van der Waals surface area contributed by atoms with Crippen LogP contribution in [0.5, 0.6) is 0 Å². The van der Waals surface area contributed by atoms with Crippen LogP contribution in [0.25, 0.3) is 0 Å². The molecule has 2 aromatic carbocycles. The van der Waals surface area contributed by atoms with E-state index < -0.39 is 0 Å². The van der Waals surface area contributed by atoms with E-state index in [1.165, 1.54) is 0 Å². The predicted octanol–water partition coefficient (Wildman–Crippen LogP) is 3.28. The summed E-state index contributed by atoms with van der Waals surface area (Å²) in [5.74, 6) is -0.428. The predicted molar refractivity (Wildman–Crippen MR) is 84.2 cm³/mol. The maximum atomic E-state index is 12.5. The van der Waals surface area contributed by atoms with E-state index in [0.29, 0.717) is 23.1 Å². The van der Waals surface area contributed by atoms with Crippen molar-refractivity contribution >= 4 is 27.5 Å². The molecule has 0 aromatic heterocycles. The van der Waals surface area contributed by atoms with Gasteiger partial charge in [-0.25, -0.2) is 0 Å². The maximum absolute atomic E-state index is 12.5. The number of hydrogen-bond donors (Lipinski definition) is 1. The van der Waals surface area contributed by atoms with Gasteiger partial charge in [0.2, 0.25) is 5.78 Å². The highest BCUT2D eigenvalue weighted by molar-refractivity contribution is 9.10. The summed E-state index contributed by atoms with van der Waals surface area (Å²) in [4.78, 5) is 24.8. The lowest BCUT2D eigenvalue weighted by Gasteiger charge is -2.18. The highest BCUT2D eigenvalue weighted by Gasteiger charge is 2.30. The van der Waals surface area contributed by atoms with Gasteiger partial charge in [0.15, 0.2) is 5.78 Å². The molecule has 0 unspecified atom stereocenters. The first kappa shape index (κ1) is 13.8. The zero-order valence-electron chi connectivity index (χ0n) is 11.1. The average molecular weight is 342 g/mol. The SMILES string of the molecule is NC1=C(Cc2ccc(Br)cc2)C(=O)c2ccccc2C1=O. The van der Waals surface area contributed by atoms with Gasteiger partial charge >= 0.3 is 0 Å². The fourth-order valence-corrected chi connectivity index (χ4v) is 2.69. The number of carbonyl (C=O) groups is 2. The summed E-state index contributed by atoms with van der Waals surface area (Å²) in [6, 6.07) is 14.4. The Balaban J connectivity index is 2.02. The fourth-order valence-electron chi connectivity index (χ4n) is 2.43. The molecule has 1 aliphatic carbocycles. The second kappa shape index (κ2) is 5.30. The molecular weight excluding hydrogens is 330 g/mol. The molecule has 0 fully saturated rings. The van der Waals surface area contributed by atoms with E-state index in [9.17, 15) is 9.59 Å². The molecule has 3 rings (SSSR count). The van der Waals surface area contributed by atoms with Crippen molar-refractivity contribution in [2.45, 2.75) is 6.42 Å². The molecule has 2 N–H and O–H groups in total. The summed E-state index contributed by atoms with van der Waals surface area (Å²) in [7, 11) is 0. The molecule has 1 aliphatic rings. The van der Waals surface area contributed by atoms with Gasteiger partial charge in [-0.2, -0.15) is 0 Å². The lowest BCUT2D eigenvalue weighted by Crippen LogP contribution is -2.27. The van der Waals surface area contributed by atoms with Gasteiger partial charge in [-0.15, -0.1) is 0 Å². The third-order valence-electron chi connectivity index (χ3n) is 3.55. The third kappa shape index (κ3) is 2.43. The number of carbonyl (C=O) groups excluding carboxylic acids is 2. The molecule has 0 saturated heterocycles. The molecule has 0 radical (unpaired) electrons. The van der Waals surface area contributed by atoms with Crippen molar-refractivity contribution in [1.82, 2.24) is 0 Å². The fraction of sp³-hybridized carbons (Fsp3) is 0.0588. The van der Waals surface area contributed by atoms with Gasteiger partial charge < -0.3 is 5.73 Å². The number of halogens is 1. The Morgan fingerprint density at radius 3 is 2.05 bits per heavy atom. The Morgan fingerprint density at radius 2 is 1.43 bits per heavy atom. The van der Waals surface area contributed by atoms with Gasteiger partial charge in [-0.3, -0.25) is 9.59 Å². The minimum atomic E-state index is -0.266. The van der Waals surface area contributed by atoms with Crippen LogP contribution in [0.1, 0.15) is 26.3 Å². The Hall–Kier alpha value is -2.20. The van der Waals surface area contributed by atoms with Gasteiger partial charge in [0.1, 0.15) is 0 Å². The lowest BCUT2D eigenvalue weighted by molar-refractivity contribution is 0.0971.